The van der Waals surface area contributed by atoms with Gasteiger partial charge in [-0.25, -0.2) is 18.7 Å². The topological polar surface area (TPSA) is 81.6 Å². The summed E-state index contributed by atoms with van der Waals surface area (Å²) < 4.78 is 26.4. The second kappa shape index (κ2) is 8.92. The highest BCUT2D eigenvalue weighted by atomic mass is 19.2. The molecule has 7 nitrogen and oxygen atoms in total. The molecule has 3 rings (SSSR count). The number of hydrogen-bond donors (Lipinski definition) is 2. The van der Waals surface area contributed by atoms with E-state index >= 15 is 0 Å². The Labute approximate surface area is 162 Å². The van der Waals surface area contributed by atoms with Crippen molar-refractivity contribution in [2.75, 3.05) is 50.1 Å². The molecular weight excluding hydrogens is 368 g/mol. The van der Waals surface area contributed by atoms with Crippen molar-refractivity contribution in [3.63, 3.8) is 0 Å². The van der Waals surface area contributed by atoms with Crippen LogP contribution in [0.25, 0.3) is 0 Å². The van der Waals surface area contributed by atoms with Gasteiger partial charge in [-0.05, 0) is 24.1 Å². The highest BCUT2D eigenvalue weighted by molar-refractivity contribution is 5.82. The Kier molecular flexibility index (Phi) is 6.35. The summed E-state index contributed by atoms with van der Waals surface area (Å²) in [5.74, 6) is -0.734. The standard InChI is InChI=1S/C19H23F2N5O2/c1-25-4-5-26(10-19(25)28)18-8-17(23-12-24-18)22-9-14(11-27)6-13-2-3-15(20)16(21)7-13/h2-3,7-8,12,14,27H,4-6,9-11H2,1H3,(H,22,23,24). The van der Waals surface area contributed by atoms with Gasteiger partial charge in [-0.2, -0.15) is 0 Å². The van der Waals surface area contributed by atoms with E-state index in [-0.39, 0.29) is 25.0 Å². The molecule has 2 heterocycles. The summed E-state index contributed by atoms with van der Waals surface area (Å²) >= 11 is 0. The Bertz CT molecular complexity index is 836. The van der Waals surface area contributed by atoms with E-state index in [1.54, 1.807) is 18.0 Å². The predicted octanol–water partition coefficient (Wildman–Crippen LogP) is 1.30. The molecule has 9 heteroatoms. The smallest absolute Gasteiger partial charge is 0.241 e. The number of hydrogen-bond acceptors (Lipinski definition) is 6. The van der Waals surface area contributed by atoms with Gasteiger partial charge in [0.2, 0.25) is 5.91 Å². The molecular formula is C19H23F2N5O2. The first-order valence-electron chi connectivity index (χ1n) is 9.06. The number of amides is 1. The van der Waals surface area contributed by atoms with E-state index in [9.17, 15) is 18.7 Å². The van der Waals surface area contributed by atoms with Gasteiger partial charge in [0.25, 0.3) is 0 Å². The van der Waals surface area contributed by atoms with Gasteiger partial charge >= 0.3 is 0 Å². The number of benzene rings is 1. The number of carbonyl (C=O) groups is 1. The fraction of sp³-hybridized carbons (Fsp3) is 0.421. The summed E-state index contributed by atoms with van der Waals surface area (Å²) in [5.41, 5.74) is 0.610. The number of halogens is 2. The molecule has 0 aliphatic carbocycles. The van der Waals surface area contributed by atoms with E-state index in [1.165, 1.54) is 12.4 Å². The van der Waals surface area contributed by atoms with Gasteiger partial charge in [0, 0.05) is 45.3 Å². The van der Waals surface area contributed by atoms with Gasteiger partial charge in [0.05, 0.1) is 6.54 Å². The summed E-state index contributed by atoms with van der Waals surface area (Å²) in [5, 5.41) is 12.8. The summed E-state index contributed by atoms with van der Waals surface area (Å²) in [4.78, 5) is 23.9. The second-order valence-corrected chi connectivity index (χ2v) is 6.88. The number of aliphatic hydroxyl groups excluding tert-OH is 1. The number of likely N-dealkylation sites (N-methyl/N-ethyl adjacent to an activating group) is 1. The van der Waals surface area contributed by atoms with Crippen molar-refractivity contribution in [2.45, 2.75) is 6.42 Å². The molecule has 1 atom stereocenters. The fourth-order valence-corrected chi connectivity index (χ4v) is 3.02. The number of nitrogens with one attached hydrogen (secondary N) is 1. The molecule has 0 spiro atoms. The van der Waals surface area contributed by atoms with Crippen molar-refractivity contribution in [3.8, 4) is 0 Å². The van der Waals surface area contributed by atoms with Crippen LogP contribution in [0.1, 0.15) is 5.56 Å². The lowest BCUT2D eigenvalue weighted by molar-refractivity contribution is -0.129. The van der Waals surface area contributed by atoms with Crippen LogP contribution in [0.2, 0.25) is 0 Å². The Morgan fingerprint density at radius 1 is 1.21 bits per heavy atom. The van der Waals surface area contributed by atoms with E-state index in [1.807, 2.05) is 4.90 Å². The molecule has 1 amide bonds. The summed E-state index contributed by atoms with van der Waals surface area (Å²) in [6, 6.07) is 5.49. The molecule has 1 aromatic heterocycles. The molecule has 0 saturated carbocycles. The summed E-state index contributed by atoms with van der Waals surface area (Å²) in [6.45, 7) is 1.87. The molecule has 1 unspecified atom stereocenters. The number of aliphatic hydroxyl groups is 1. The number of nitrogens with zero attached hydrogens (tertiary/aromatic N) is 4. The van der Waals surface area contributed by atoms with Crippen molar-refractivity contribution in [2.24, 2.45) is 5.92 Å². The number of carbonyl (C=O) groups excluding carboxylic acids is 1. The van der Waals surface area contributed by atoms with E-state index in [4.69, 9.17) is 0 Å². The summed E-state index contributed by atoms with van der Waals surface area (Å²) in [7, 11) is 1.77. The van der Waals surface area contributed by atoms with Crippen LogP contribution < -0.4 is 10.2 Å². The number of anilines is 2. The van der Waals surface area contributed by atoms with Crippen LogP contribution in [0.5, 0.6) is 0 Å². The zero-order valence-corrected chi connectivity index (χ0v) is 15.6. The van der Waals surface area contributed by atoms with Gasteiger partial charge in [0.1, 0.15) is 18.0 Å². The number of aromatic nitrogens is 2. The van der Waals surface area contributed by atoms with Crippen molar-refractivity contribution in [1.29, 1.82) is 0 Å². The van der Waals surface area contributed by atoms with Crippen LogP contribution in [0.15, 0.2) is 30.6 Å². The van der Waals surface area contributed by atoms with Gasteiger partial charge in [0.15, 0.2) is 11.6 Å². The zero-order chi connectivity index (χ0) is 20.1. The van der Waals surface area contributed by atoms with Gasteiger partial charge in [-0.15, -0.1) is 0 Å². The molecule has 2 aromatic rings. The zero-order valence-electron chi connectivity index (χ0n) is 15.6. The quantitative estimate of drug-likeness (QED) is 0.741. The Morgan fingerprint density at radius 2 is 2.04 bits per heavy atom. The molecule has 1 fully saturated rings. The number of rotatable bonds is 7. The minimum Gasteiger partial charge on any atom is -0.396 e. The van der Waals surface area contributed by atoms with Crippen LogP contribution >= 0.6 is 0 Å². The van der Waals surface area contributed by atoms with Crippen LogP contribution in [0.4, 0.5) is 20.4 Å². The first kappa shape index (κ1) is 19.9. The minimum atomic E-state index is -0.899. The first-order chi connectivity index (χ1) is 13.5. The highest BCUT2D eigenvalue weighted by Crippen LogP contribution is 2.18. The van der Waals surface area contributed by atoms with Crippen molar-refractivity contribution >= 4 is 17.5 Å². The third kappa shape index (κ3) is 4.92. The molecule has 1 saturated heterocycles. The third-order valence-corrected chi connectivity index (χ3v) is 4.77. The van der Waals surface area contributed by atoms with Crippen LogP contribution in [-0.2, 0) is 11.2 Å². The SMILES string of the molecule is CN1CCN(c2cc(NCC(CO)Cc3ccc(F)c(F)c3)ncn2)CC1=O. The van der Waals surface area contributed by atoms with Crippen LogP contribution in [-0.4, -0.2) is 65.7 Å². The maximum Gasteiger partial charge on any atom is 0.241 e. The lowest BCUT2D eigenvalue weighted by Gasteiger charge is -2.32. The monoisotopic (exact) mass is 391 g/mol. The molecule has 0 radical (unpaired) electrons. The summed E-state index contributed by atoms with van der Waals surface area (Å²) in [6.07, 6.45) is 1.81. The first-order valence-corrected chi connectivity index (χ1v) is 9.06. The largest absolute Gasteiger partial charge is 0.396 e. The number of piperazine rings is 1. The molecule has 28 heavy (non-hydrogen) atoms. The maximum absolute atomic E-state index is 13.4. The van der Waals surface area contributed by atoms with E-state index < -0.39 is 11.6 Å². The molecule has 1 aliphatic heterocycles. The minimum absolute atomic E-state index is 0.0336. The van der Waals surface area contributed by atoms with E-state index in [2.05, 4.69) is 15.3 Å². The second-order valence-electron chi connectivity index (χ2n) is 6.88. The van der Waals surface area contributed by atoms with Crippen LogP contribution in [0, 0.1) is 17.6 Å². The lowest BCUT2D eigenvalue weighted by Crippen LogP contribution is -2.48. The fourth-order valence-electron chi connectivity index (χ4n) is 3.02. The molecule has 1 aromatic carbocycles. The third-order valence-electron chi connectivity index (χ3n) is 4.77. The Balaban J connectivity index is 1.60. The molecule has 0 bridgehead atoms. The Hall–Kier alpha value is -2.81. The Morgan fingerprint density at radius 3 is 2.75 bits per heavy atom. The molecule has 150 valence electrons. The normalized spacial score (nSPS) is 15.6. The van der Waals surface area contributed by atoms with Gasteiger partial charge in [-0.1, -0.05) is 6.07 Å². The highest BCUT2D eigenvalue weighted by Gasteiger charge is 2.22. The van der Waals surface area contributed by atoms with Gasteiger partial charge in [-0.3, -0.25) is 4.79 Å². The maximum atomic E-state index is 13.4. The van der Waals surface area contributed by atoms with Crippen molar-refractivity contribution in [1.82, 2.24) is 14.9 Å². The average molecular weight is 391 g/mol. The van der Waals surface area contributed by atoms with Crippen molar-refractivity contribution in [3.05, 3.63) is 47.8 Å². The predicted molar refractivity (Wildman–Crippen MR) is 101 cm³/mol. The lowest BCUT2D eigenvalue weighted by atomic mass is 10.00. The average Bonchev–Trinajstić information content (AvgIpc) is 2.70. The van der Waals surface area contributed by atoms with E-state index in [0.717, 1.165) is 12.1 Å². The molecule has 1 aliphatic rings. The van der Waals surface area contributed by atoms with Crippen molar-refractivity contribution < 1.29 is 18.7 Å². The van der Waals surface area contributed by atoms with E-state index in [0.29, 0.717) is 43.3 Å². The van der Waals surface area contributed by atoms with Crippen LogP contribution in [0.3, 0.4) is 0 Å². The van der Waals surface area contributed by atoms with Gasteiger partial charge < -0.3 is 20.2 Å². The molecule has 2 N–H and O–H groups in total.